The lowest BCUT2D eigenvalue weighted by atomic mass is 10.0. The number of ether oxygens (including phenoxy) is 2. The highest BCUT2D eigenvalue weighted by molar-refractivity contribution is 5.81. The molecule has 32 heavy (non-hydrogen) atoms. The fraction of sp³-hybridized carbons (Fsp3) is 0.429. The second-order valence-corrected chi connectivity index (χ2v) is 7.97. The van der Waals surface area contributed by atoms with Crippen molar-refractivity contribution in [1.29, 1.82) is 5.26 Å². The van der Waals surface area contributed by atoms with Crippen LogP contribution >= 0.6 is 0 Å². The summed E-state index contributed by atoms with van der Waals surface area (Å²) in [6, 6.07) is 17.9. The van der Waals surface area contributed by atoms with E-state index in [1.807, 2.05) is 36.4 Å². The molecular formula is C28H35NO3. The van der Waals surface area contributed by atoms with Gasteiger partial charge in [0.05, 0.1) is 24.8 Å². The number of nitriles is 1. The fourth-order valence-electron chi connectivity index (χ4n) is 3.52. The molecular weight excluding hydrogens is 398 g/mol. The maximum absolute atomic E-state index is 10.9. The highest BCUT2D eigenvalue weighted by Gasteiger charge is 2.00. The van der Waals surface area contributed by atoms with Gasteiger partial charge in [0.1, 0.15) is 5.75 Å². The molecule has 2 rings (SSSR count). The summed E-state index contributed by atoms with van der Waals surface area (Å²) in [7, 11) is 0. The molecule has 0 N–H and O–H groups in total. The quantitative estimate of drug-likeness (QED) is 0.159. The Morgan fingerprint density at radius 2 is 1.22 bits per heavy atom. The number of carbonyl (C=O) groups is 1. The number of hydrogen-bond donors (Lipinski definition) is 0. The molecule has 0 aromatic heterocycles. The third-order valence-electron chi connectivity index (χ3n) is 5.42. The smallest absolute Gasteiger partial charge is 0.330 e. The lowest BCUT2D eigenvalue weighted by Crippen LogP contribution is -2.01. The van der Waals surface area contributed by atoms with Crippen molar-refractivity contribution in [3.8, 4) is 22.9 Å². The van der Waals surface area contributed by atoms with Crippen LogP contribution in [0.25, 0.3) is 11.1 Å². The monoisotopic (exact) mass is 433 g/mol. The Hall–Kier alpha value is -3.06. The van der Waals surface area contributed by atoms with Crippen LogP contribution in [-0.4, -0.2) is 19.2 Å². The van der Waals surface area contributed by atoms with Gasteiger partial charge in [-0.15, -0.1) is 0 Å². The molecule has 0 amide bonds. The molecule has 0 aliphatic rings. The van der Waals surface area contributed by atoms with E-state index in [0.29, 0.717) is 12.2 Å². The van der Waals surface area contributed by atoms with Crippen molar-refractivity contribution in [2.45, 2.75) is 64.2 Å². The second-order valence-electron chi connectivity index (χ2n) is 7.97. The molecule has 2 aromatic rings. The zero-order valence-corrected chi connectivity index (χ0v) is 19.1. The molecule has 4 nitrogen and oxygen atoms in total. The molecule has 0 spiro atoms. The van der Waals surface area contributed by atoms with Crippen LogP contribution in [-0.2, 0) is 9.53 Å². The topological polar surface area (TPSA) is 59.3 Å². The van der Waals surface area contributed by atoms with Gasteiger partial charge < -0.3 is 9.47 Å². The summed E-state index contributed by atoms with van der Waals surface area (Å²) in [4.78, 5) is 10.9. The maximum Gasteiger partial charge on any atom is 0.330 e. The van der Waals surface area contributed by atoms with Crippen molar-refractivity contribution in [2.24, 2.45) is 0 Å². The molecule has 0 bridgehead atoms. The van der Waals surface area contributed by atoms with E-state index in [1.54, 1.807) is 0 Å². The summed E-state index contributed by atoms with van der Waals surface area (Å²) in [5.74, 6) is 0.578. The Labute approximate surface area is 192 Å². The first-order valence-electron chi connectivity index (χ1n) is 11.8. The largest absolute Gasteiger partial charge is 0.494 e. The standard InChI is InChI=1S/C28H35NO3/c1-2-28(30)32-22-12-10-8-6-4-3-5-7-9-11-21-31-27-19-17-26(18-20-27)25-15-13-24(23-29)14-16-25/h2,13-20H,1,3-12,21-22H2. The molecule has 170 valence electrons. The average Bonchev–Trinajstić information content (AvgIpc) is 2.84. The predicted octanol–water partition coefficient (Wildman–Crippen LogP) is 7.23. The van der Waals surface area contributed by atoms with E-state index >= 15 is 0 Å². The Balaban J connectivity index is 1.44. The zero-order valence-electron chi connectivity index (χ0n) is 19.1. The fourth-order valence-corrected chi connectivity index (χ4v) is 3.52. The summed E-state index contributed by atoms with van der Waals surface area (Å²) in [5.41, 5.74) is 2.90. The van der Waals surface area contributed by atoms with Crippen LogP contribution in [0.3, 0.4) is 0 Å². The number of carbonyl (C=O) groups excluding carboxylic acids is 1. The number of nitrogens with zero attached hydrogens (tertiary/aromatic N) is 1. The van der Waals surface area contributed by atoms with Crippen LogP contribution in [0, 0.1) is 11.3 Å². The molecule has 0 saturated carbocycles. The second kappa shape index (κ2) is 15.7. The van der Waals surface area contributed by atoms with Crippen molar-refractivity contribution < 1.29 is 14.3 Å². The summed E-state index contributed by atoms with van der Waals surface area (Å²) in [6.07, 6.45) is 13.2. The van der Waals surface area contributed by atoms with Crippen molar-refractivity contribution in [3.63, 3.8) is 0 Å². The third-order valence-corrected chi connectivity index (χ3v) is 5.42. The highest BCUT2D eigenvalue weighted by atomic mass is 16.5. The minimum absolute atomic E-state index is 0.326. The highest BCUT2D eigenvalue weighted by Crippen LogP contribution is 2.23. The van der Waals surface area contributed by atoms with Crippen LogP contribution in [0.5, 0.6) is 5.75 Å². The van der Waals surface area contributed by atoms with Gasteiger partial charge in [-0.3, -0.25) is 0 Å². The molecule has 0 saturated heterocycles. The van der Waals surface area contributed by atoms with Gasteiger partial charge in [-0.25, -0.2) is 4.79 Å². The number of hydrogen-bond acceptors (Lipinski definition) is 4. The SMILES string of the molecule is C=CC(=O)OCCCCCCCCCCCCOc1ccc(-c2ccc(C#N)cc2)cc1. The Bertz CT molecular complexity index is 834. The van der Waals surface area contributed by atoms with Gasteiger partial charge in [0.2, 0.25) is 0 Å². The van der Waals surface area contributed by atoms with Crippen molar-refractivity contribution in [1.82, 2.24) is 0 Å². The van der Waals surface area contributed by atoms with E-state index in [2.05, 4.69) is 24.8 Å². The first kappa shape index (κ1) is 25.2. The van der Waals surface area contributed by atoms with E-state index in [-0.39, 0.29) is 5.97 Å². The van der Waals surface area contributed by atoms with E-state index in [1.165, 1.54) is 51.0 Å². The van der Waals surface area contributed by atoms with E-state index in [0.717, 1.165) is 42.7 Å². The van der Waals surface area contributed by atoms with Gasteiger partial charge in [0.25, 0.3) is 0 Å². The van der Waals surface area contributed by atoms with E-state index in [4.69, 9.17) is 14.7 Å². The van der Waals surface area contributed by atoms with Crippen molar-refractivity contribution in [2.75, 3.05) is 13.2 Å². The van der Waals surface area contributed by atoms with Crippen LogP contribution < -0.4 is 4.74 Å². The van der Waals surface area contributed by atoms with E-state index in [9.17, 15) is 4.79 Å². The van der Waals surface area contributed by atoms with Crippen molar-refractivity contribution in [3.05, 3.63) is 66.7 Å². The van der Waals surface area contributed by atoms with Gasteiger partial charge >= 0.3 is 5.97 Å². The van der Waals surface area contributed by atoms with Crippen LogP contribution in [0.2, 0.25) is 0 Å². The third kappa shape index (κ3) is 10.3. The van der Waals surface area contributed by atoms with Gasteiger partial charge in [0.15, 0.2) is 0 Å². The minimum atomic E-state index is -0.326. The summed E-state index contributed by atoms with van der Waals surface area (Å²) < 4.78 is 10.8. The van der Waals surface area contributed by atoms with Crippen LogP contribution in [0.1, 0.15) is 69.8 Å². The molecule has 0 radical (unpaired) electrons. The van der Waals surface area contributed by atoms with Gasteiger partial charge in [-0.1, -0.05) is 82.2 Å². The molecule has 0 aliphatic carbocycles. The van der Waals surface area contributed by atoms with Gasteiger partial charge in [-0.05, 0) is 48.2 Å². The number of rotatable bonds is 16. The van der Waals surface area contributed by atoms with Crippen LogP contribution in [0.15, 0.2) is 61.2 Å². The van der Waals surface area contributed by atoms with Crippen LogP contribution in [0.4, 0.5) is 0 Å². The molecule has 0 aliphatic heterocycles. The molecule has 0 heterocycles. The lowest BCUT2D eigenvalue weighted by molar-refractivity contribution is -0.137. The lowest BCUT2D eigenvalue weighted by Gasteiger charge is -2.08. The molecule has 4 heteroatoms. The Morgan fingerprint density at radius 1 is 0.750 bits per heavy atom. The molecule has 0 atom stereocenters. The first-order valence-corrected chi connectivity index (χ1v) is 11.8. The average molecular weight is 434 g/mol. The molecule has 0 unspecified atom stereocenters. The first-order chi connectivity index (χ1) is 15.7. The van der Waals surface area contributed by atoms with Gasteiger partial charge in [-0.2, -0.15) is 5.26 Å². The zero-order chi connectivity index (χ0) is 22.9. The van der Waals surface area contributed by atoms with E-state index < -0.39 is 0 Å². The number of esters is 1. The number of unbranched alkanes of at least 4 members (excludes halogenated alkanes) is 9. The number of benzene rings is 2. The predicted molar refractivity (Wildman–Crippen MR) is 129 cm³/mol. The maximum atomic E-state index is 10.9. The Morgan fingerprint density at radius 3 is 1.72 bits per heavy atom. The summed E-state index contributed by atoms with van der Waals surface area (Å²) >= 11 is 0. The summed E-state index contributed by atoms with van der Waals surface area (Å²) in [6.45, 7) is 4.65. The summed E-state index contributed by atoms with van der Waals surface area (Å²) in [5, 5.41) is 8.89. The van der Waals surface area contributed by atoms with Gasteiger partial charge in [0, 0.05) is 6.08 Å². The molecule has 0 fully saturated rings. The minimum Gasteiger partial charge on any atom is -0.494 e. The Kier molecular flexibility index (Phi) is 12.4. The molecule has 2 aromatic carbocycles. The normalized spacial score (nSPS) is 10.3. The van der Waals surface area contributed by atoms with Crippen molar-refractivity contribution >= 4 is 5.97 Å².